The molecule has 0 spiro atoms. The van der Waals surface area contributed by atoms with Crippen molar-refractivity contribution in [1.82, 2.24) is 5.32 Å². The van der Waals surface area contributed by atoms with E-state index >= 15 is 0 Å². The highest BCUT2D eigenvalue weighted by Crippen LogP contribution is 2.32. The lowest BCUT2D eigenvalue weighted by Crippen LogP contribution is -2.37. The lowest BCUT2D eigenvalue weighted by molar-refractivity contribution is 0.0925. The van der Waals surface area contributed by atoms with E-state index < -0.39 is 10.8 Å². The summed E-state index contributed by atoms with van der Waals surface area (Å²) in [6, 6.07) is 18.4. The quantitative estimate of drug-likeness (QED) is 0.880. The first-order valence-corrected chi connectivity index (χ1v) is 10.6. The van der Waals surface area contributed by atoms with Gasteiger partial charge in [0.15, 0.2) is 0 Å². The summed E-state index contributed by atoms with van der Waals surface area (Å²) >= 11 is 0. The minimum Gasteiger partial charge on any atom is -0.349 e. The maximum atomic E-state index is 12.5. The highest BCUT2D eigenvalue weighted by atomic mass is 32.2. The average Bonchev–Trinajstić information content (AvgIpc) is 2.63. The van der Waals surface area contributed by atoms with Gasteiger partial charge in [-0.3, -0.25) is 9.00 Å². The first-order chi connectivity index (χ1) is 12.1. The van der Waals surface area contributed by atoms with Crippen LogP contribution in [0.4, 0.5) is 0 Å². The van der Waals surface area contributed by atoms with E-state index in [9.17, 15) is 9.00 Å². The zero-order chi connectivity index (χ0) is 17.6. The third-order valence-corrected chi connectivity index (χ3v) is 5.63. The van der Waals surface area contributed by atoms with E-state index in [-0.39, 0.29) is 11.9 Å². The molecule has 1 amide bonds. The van der Waals surface area contributed by atoms with Crippen molar-refractivity contribution >= 4 is 16.7 Å². The highest BCUT2D eigenvalue weighted by molar-refractivity contribution is 7.83. The van der Waals surface area contributed by atoms with Crippen LogP contribution in [0.3, 0.4) is 0 Å². The van der Waals surface area contributed by atoms with Gasteiger partial charge in [0.1, 0.15) is 0 Å². The topological polar surface area (TPSA) is 46.2 Å². The van der Waals surface area contributed by atoms with Gasteiger partial charge in [-0.05, 0) is 54.9 Å². The molecule has 2 aromatic carbocycles. The van der Waals surface area contributed by atoms with E-state index in [0.29, 0.717) is 17.2 Å². The van der Waals surface area contributed by atoms with Crippen molar-refractivity contribution in [2.75, 3.05) is 6.26 Å². The molecule has 0 aromatic heterocycles. The molecule has 0 radical (unpaired) electrons. The summed E-state index contributed by atoms with van der Waals surface area (Å²) in [6.07, 6.45) is 5.94. The van der Waals surface area contributed by atoms with E-state index in [2.05, 4.69) is 35.6 Å². The van der Waals surface area contributed by atoms with Gasteiger partial charge in [0.25, 0.3) is 5.91 Å². The van der Waals surface area contributed by atoms with Gasteiger partial charge >= 0.3 is 0 Å². The van der Waals surface area contributed by atoms with E-state index in [4.69, 9.17) is 0 Å². The highest BCUT2D eigenvalue weighted by Gasteiger charge is 2.23. The second kappa shape index (κ2) is 8.43. The van der Waals surface area contributed by atoms with Crippen LogP contribution in [-0.4, -0.2) is 22.4 Å². The summed E-state index contributed by atoms with van der Waals surface area (Å²) in [5.41, 5.74) is 3.02. The summed E-state index contributed by atoms with van der Waals surface area (Å²) in [5.74, 6) is 1.08. The van der Waals surface area contributed by atoms with Gasteiger partial charge in [0, 0.05) is 34.4 Å². The number of rotatable bonds is 5. The summed E-state index contributed by atoms with van der Waals surface area (Å²) in [6.45, 7) is 0. The van der Waals surface area contributed by atoms with Crippen LogP contribution in [0, 0.1) is 0 Å². The Morgan fingerprint density at radius 3 is 2.44 bits per heavy atom. The Kier molecular flexibility index (Phi) is 6.03. The van der Waals surface area contributed by atoms with E-state index in [1.807, 2.05) is 24.3 Å². The maximum absolute atomic E-state index is 12.5. The third kappa shape index (κ3) is 5.02. The molecule has 0 bridgehead atoms. The van der Waals surface area contributed by atoms with Crippen molar-refractivity contribution in [1.29, 1.82) is 0 Å². The molecule has 1 atom stereocenters. The first kappa shape index (κ1) is 17.9. The van der Waals surface area contributed by atoms with Gasteiger partial charge in [0.2, 0.25) is 0 Å². The number of hydrogen-bond acceptors (Lipinski definition) is 2. The van der Waals surface area contributed by atoms with Crippen LogP contribution in [-0.2, 0) is 16.6 Å². The molecule has 132 valence electrons. The van der Waals surface area contributed by atoms with Gasteiger partial charge in [0.05, 0.1) is 0 Å². The zero-order valence-corrected chi connectivity index (χ0v) is 15.4. The third-order valence-electron chi connectivity index (χ3n) is 4.89. The predicted octanol–water partition coefficient (Wildman–Crippen LogP) is 4.02. The summed E-state index contributed by atoms with van der Waals surface area (Å²) in [5, 5.41) is 3.17. The second-order valence-electron chi connectivity index (χ2n) is 6.85. The molecule has 0 saturated heterocycles. The Morgan fingerprint density at radius 2 is 1.76 bits per heavy atom. The number of carbonyl (C=O) groups is 1. The fourth-order valence-corrected chi connectivity index (χ4v) is 4.25. The average molecular weight is 356 g/mol. The van der Waals surface area contributed by atoms with Gasteiger partial charge in [-0.1, -0.05) is 42.5 Å². The number of amides is 1. The van der Waals surface area contributed by atoms with Crippen LogP contribution in [0.1, 0.15) is 53.1 Å². The number of carbonyl (C=O) groups excluding carboxylic acids is 1. The van der Waals surface area contributed by atoms with Crippen molar-refractivity contribution in [2.24, 2.45) is 0 Å². The molecule has 1 unspecified atom stereocenters. The Hall–Kier alpha value is -1.94. The molecule has 2 aromatic rings. The lowest BCUT2D eigenvalue weighted by atomic mass is 9.82. The monoisotopic (exact) mass is 355 g/mol. The fraction of sp³-hybridized carbons (Fsp3) is 0.381. The van der Waals surface area contributed by atoms with Gasteiger partial charge in [-0.15, -0.1) is 0 Å². The smallest absolute Gasteiger partial charge is 0.251 e. The van der Waals surface area contributed by atoms with Crippen molar-refractivity contribution < 1.29 is 9.00 Å². The first-order valence-electron chi connectivity index (χ1n) is 8.86. The Morgan fingerprint density at radius 1 is 1.04 bits per heavy atom. The predicted molar refractivity (Wildman–Crippen MR) is 103 cm³/mol. The molecule has 3 rings (SSSR count). The lowest BCUT2D eigenvalue weighted by Gasteiger charge is -2.29. The van der Waals surface area contributed by atoms with E-state index in [0.717, 1.165) is 31.2 Å². The molecular formula is C21H25NO2S. The van der Waals surface area contributed by atoms with Crippen LogP contribution < -0.4 is 5.32 Å². The van der Waals surface area contributed by atoms with Crippen LogP contribution in [0.2, 0.25) is 0 Å². The van der Waals surface area contributed by atoms with Crippen LogP contribution in [0.5, 0.6) is 0 Å². The van der Waals surface area contributed by atoms with Crippen molar-refractivity contribution in [3.63, 3.8) is 0 Å². The van der Waals surface area contributed by atoms with Crippen LogP contribution in [0.25, 0.3) is 0 Å². The number of hydrogen-bond donors (Lipinski definition) is 1. The molecule has 4 heteroatoms. The fourth-order valence-electron chi connectivity index (χ4n) is 3.60. The normalized spacial score (nSPS) is 21.5. The Balaban J connectivity index is 1.55. The molecule has 0 heterocycles. The summed E-state index contributed by atoms with van der Waals surface area (Å²) in [7, 11) is -0.898. The van der Waals surface area contributed by atoms with Gasteiger partial charge in [-0.2, -0.15) is 0 Å². The molecule has 3 nitrogen and oxygen atoms in total. The zero-order valence-electron chi connectivity index (χ0n) is 14.6. The van der Waals surface area contributed by atoms with Crippen molar-refractivity contribution in [3.8, 4) is 0 Å². The van der Waals surface area contributed by atoms with E-state index in [1.165, 1.54) is 5.56 Å². The van der Waals surface area contributed by atoms with Gasteiger partial charge in [-0.25, -0.2) is 0 Å². The molecule has 25 heavy (non-hydrogen) atoms. The van der Waals surface area contributed by atoms with Crippen LogP contribution >= 0.6 is 0 Å². The maximum Gasteiger partial charge on any atom is 0.251 e. The summed E-state index contributed by atoms with van der Waals surface area (Å²) < 4.78 is 11.4. The molecule has 1 fully saturated rings. The van der Waals surface area contributed by atoms with E-state index in [1.54, 1.807) is 6.26 Å². The second-order valence-corrected chi connectivity index (χ2v) is 8.29. The molecule has 1 aliphatic carbocycles. The molecule has 1 N–H and O–H groups in total. The largest absolute Gasteiger partial charge is 0.349 e. The number of benzene rings is 2. The van der Waals surface area contributed by atoms with Crippen molar-refractivity contribution in [3.05, 3.63) is 71.3 Å². The molecule has 1 saturated carbocycles. The summed E-state index contributed by atoms with van der Waals surface area (Å²) in [4.78, 5) is 12.5. The molecule has 0 aliphatic heterocycles. The molecular weight excluding hydrogens is 330 g/mol. The van der Waals surface area contributed by atoms with Crippen LogP contribution in [0.15, 0.2) is 54.6 Å². The number of nitrogens with one attached hydrogen (secondary N) is 1. The minimum atomic E-state index is -0.898. The standard InChI is InChI=1S/C21H25NO2S/c1-25(24)15-16-6-5-9-19(14-16)21(23)22-20-12-10-18(11-13-20)17-7-3-2-4-8-17/h2-9,14,18,20H,10-13,15H2,1H3,(H,22,23). The Bertz CT molecular complexity index is 737. The Labute approximate surface area is 152 Å². The van der Waals surface area contributed by atoms with Crippen molar-refractivity contribution in [2.45, 2.75) is 43.4 Å². The molecule has 1 aliphatic rings. The minimum absolute atomic E-state index is 0.0214. The SMILES string of the molecule is CS(=O)Cc1cccc(C(=O)NC2CCC(c3ccccc3)CC2)c1. The van der Waals surface area contributed by atoms with Gasteiger partial charge < -0.3 is 5.32 Å².